The lowest BCUT2D eigenvalue weighted by Gasteiger charge is -2.28. The average Bonchev–Trinajstić information content (AvgIpc) is 2.26. The van der Waals surface area contributed by atoms with Crippen LogP contribution in [-0.4, -0.2) is 28.1 Å². The SMILES string of the molecule is CCC1CCCC(SCC(N)C(=O)O)C1. The first-order valence-electron chi connectivity index (χ1n) is 5.73. The molecule has 0 aromatic heterocycles. The van der Waals surface area contributed by atoms with Gasteiger partial charge in [0.2, 0.25) is 0 Å². The van der Waals surface area contributed by atoms with Crippen molar-refractivity contribution in [2.24, 2.45) is 11.7 Å². The summed E-state index contributed by atoms with van der Waals surface area (Å²) in [5.74, 6) is 0.513. The topological polar surface area (TPSA) is 63.3 Å². The van der Waals surface area contributed by atoms with Gasteiger partial charge in [-0.25, -0.2) is 0 Å². The Bertz CT molecular complexity index is 211. The summed E-state index contributed by atoms with van der Waals surface area (Å²) in [6, 6.07) is -0.697. The van der Waals surface area contributed by atoms with Crippen LogP contribution in [0.3, 0.4) is 0 Å². The highest BCUT2D eigenvalue weighted by atomic mass is 32.2. The van der Waals surface area contributed by atoms with Crippen molar-refractivity contribution in [1.29, 1.82) is 0 Å². The molecule has 3 atom stereocenters. The lowest BCUT2D eigenvalue weighted by Crippen LogP contribution is -2.33. The lowest BCUT2D eigenvalue weighted by molar-refractivity contribution is -0.137. The van der Waals surface area contributed by atoms with Gasteiger partial charge >= 0.3 is 5.97 Å². The highest BCUT2D eigenvalue weighted by Crippen LogP contribution is 2.33. The molecule has 3 N–H and O–H groups in total. The van der Waals surface area contributed by atoms with Crippen LogP contribution in [0.2, 0.25) is 0 Å². The standard InChI is InChI=1S/C11H21NO2S/c1-2-8-4-3-5-9(6-8)15-7-10(12)11(13)14/h8-10H,2-7,12H2,1H3,(H,13,14). The van der Waals surface area contributed by atoms with Crippen LogP contribution in [0.15, 0.2) is 0 Å². The van der Waals surface area contributed by atoms with E-state index in [4.69, 9.17) is 10.8 Å². The molecule has 88 valence electrons. The van der Waals surface area contributed by atoms with Crippen LogP contribution in [0.1, 0.15) is 39.0 Å². The number of hydrogen-bond acceptors (Lipinski definition) is 3. The molecule has 1 saturated carbocycles. The molecule has 3 unspecified atom stereocenters. The van der Waals surface area contributed by atoms with Gasteiger partial charge < -0.3 is 10.8 Å². The summed E-state index contributed by atoms with van der Waals surface area (Å²) in [5, 5.41) is 9.30. The Kier molecular flexibility index (Phi) is 5.47. The van der Waals surface area contributed by atoms with Crippen molar-refractivity contribution in [3.63, 3.8) is 0 Å². The van der Waals surface area contributed by atoms with Gasteiger partial charge in [-0.05, 0) is 18.8 Å². The van der Waals surface area contributed by atoms with Gasteiger partial charge in [-0.15, -0.1) is 0 Å². The monoisotopic (exact) mass is 231 g/mol. The van der Waals surface area contributed by atoms with Crippen LogP contribution in [0.4, 0.5) is 0 Å². The number of thioether (sulfide) groups is 1. The summed E-state index contributed by atoms with van der Waals surface area (Å²) < 4.78 is 0. The van der Waals surface area contributed by atoms with Crippen LogP contribution in [-0.2, 0) is 4.79 Å². The maximum atomic E-state index is 10.6. The molecular formula is C11H21NO2S. The average molecular weight is 231 g/mol. The van der Waals surface area contributed by atoms with Crippen molar-refractivity contribution in [2.45, 2.75) is 50.3 Å². The minimum atomic E-state index is -0.884. The second-order valence-corrected chi connectivity index (χ2v) is 5.67. The Morgan fingerprint density at radius 2 is 2.33 bits per heavy atom. The summed E-state index contributed by atoms with van der Waals surface area (Å²) in [5.41, 5.74) is 5.48. The fourth-order valence-corrected chi connectivity index (χ4v) is 3.44. The third-order valence-corrected chi connectivity index (χ3v) is 4.59. The molecule has 0 aliphatic heterocycles. The Hall–Kier alpha value is -0.220. The molecule has 1 aliphatic rings. The van der Waals surface area contributed by atoms with Crippen LogP contribution in [0.25, 0.3) is 0 Å². The van der Waals surface area contributed by atoms with Gasteiger partial charge in [0.15, 0.2) is 0 Å². The second-order valence-electron chi connectivity index (χ2n) is 4.34. The zero-order valence-corrected chi connectivity index (χ0v) is 10.1. The Labute approximate surface area is 95.8 Å². The van der Waals surface area contributed by atoms with Crippen LogP contribution in [0.5, 0.6) is 0 Å². The maximum absolute atomic E-state index is 10.6. The number of aliphatic carboxylic acids is 1. The second kappa shape index (κ2) is 6.38. The van der Waals surface area contributed by atoms with E-state index in [2.05, 4.69) is 6.92 Å². The predicted molar refractivity (Wildman–Crippen MR) is 64.1 cm³/mol. The first-order valence-corrected chi connectivity index (χ1v) is 6.78. The predicted octanol–water partition coefficient (Wildman–Crippen LogP) is 2.10. The highest BCUT2D eigenvalue weighted by molar-refractivity contribution is 7.99. The van der Waals surface area contributed by atoms with E-state index in [0.29, 0.717) is 11.0 Å². The summed E-state index contributed by atoms with van der Waals surface area (Å²) in [6.45, 7) is 2.24. The van der Waals surface area contributed by atoms with Crippen LogP contribution >= 0.6 is 11.8 Å². The molecule has 3 nitrogen and oxygen atoms in total. The summed E-state index contributed by atoms with van der Waals surface area (Å²) in [6.07, 6.45) is 6.36. The summed E-state index contributed by atoms with van der Waals surface area (Å²) >= 11 is 1.75. The molecule has 0 aromatic carbocycles. The van der Waals surface area contributed by atoms with Gasteiger partial charge in [0.05, 0.1) is 0 Å². The number of carboxylic acids is 1. The Morgan fingerprint density at radius 1 is 1.60 bits per heavy atom. The van der Waals surface area contributed by atoms with Gasteiger partial charge in [-0.3, -0.25) is 4.79 Å². The summed E-state index contributed by atoms with van der Waals surface area (Å²) in [4.78, 5) is 10.6. The molecule has 0 bridgehead atoms. The Morgan fingerprint density at radius 3 is 2.93 bits per heavy atom. The fraction of sp³-hybridized carbons (Fsp3) is 0.909. The number of hydrogen-bond donors (Lipinski definition) is 2. The van der Waals surface area contributed by atoms with Crippen molar-refractivity contribution >= 4 is 17.7 Å². The number of nitrogens with two attached hydrogens (primary N) is 1. The minimum Gasteiger partial charge on any atom is -0.480 e. The van der Waals surface area contributed by atoms with E-state index < -0.39 is 12.0 Å². The summed E-state index contributed by atoms with van der Waals surface area (Å²) in [7, 11) is 0. The third kappa shape index (κ3) is 4.43. The van der Waals surface area contributed by atoms with Crippen molar-refractivity contribution < 1.29 is 9.90 Å². The van der Waals surface area contributed by atoms with E-state index >= 15 is 0 Å². The van der Waals surface area contributed by atoms with Gasteiger partial charge in [-0.1, -0.05) is 26.2 Å². The smallest absolute Gasteiger partial charge is 0.321 e. The molecule has 0 spiro atoms. The van der Waals surface area contributed by atoms with Gasteiger partial charge in [-0.2, -0.15) is 11.8 Å². The molecule has 15 heavy (non-hydrogen) atoms. The molecule has 0 saturated heterocycles. The van der Waals surface area contributed by atoms with Crippen LogP contribution in [0, 0.1) is 5.92 Å². The number of carbonyl (C=O) groups is 1. The number of carboxylic acid groups (broad SMARTS) is 1. The largest absolute Gasteiger partial charge is 0.480 e. The molecular weight excluding hydrogens is 210 g/mol. The van der Waals surface area contributed by atoms with Crippen molar-refractivity contribution in [3.05, 3.63) is 0 Å². The normalized spacial score (nSPS) is 28.7. The molecule has 0 amide bonds. The van der Waals surface area contributed by atoms with E-state index in [0.717, 1.165) is 5.92 Å². The molecule has 4 heteroatoms. The quantitative estimate of drug-likeness (QED) is 0.760. The molecule has 1 fully saturated rings. The molecule has 0 radical (unpaired) electrons. The van der Waals surface area contributed by atoms with Gasteiger partial charge in [0.25, 0.3) is 0 Å². The van der Waals surface area contributed by atoms with E-state index in [1.54, 1.807) is 11.8 Å². The molecule has 1 aliphatic carbocycles. The van der Waals surface area contributed by atoms with Crippen molar-refractivity contribution in [3.8, 4) is 0 Å². The fourth-order valence-electron chi connectivity index (χ4n) is 2.07. The maximum Gasteiger partial charge on any atom is 0.321 e. The zero-order chi connectivity index (χ0) is 11.3. The highest BCUT2D eigenvalue weighted by Gasteiger charge is 2.22. The van der Waals surface area contributed by atoms with E-state index in [9.17, 15) is 4.79 Å². The van der Waals surface area contributed by atoms with Gasteiger partial charge in [0.1, 0.15) is 6.04 Å². The van der Waals surface area contributed by atoms with Crippen molar-refractivity contribution in [1.82, 2.24) is 0 Å². The Balaban J connectivity index is 2.23. The lowest BCUT2D eigenvalue weighted by atomic mass is 9.87. The molecule has 1 rings (SSSR count). The van der Waals surface area contributed by atoms with Gasteiger partial charge in [0, 0.05) is 11.0 Å². The van der Waals surface area contributed by atoms with E-state index in [1.165, 1.54) is 32.1 Å². The molecule has 0 heterocycles. The van der Waals surface area contributed by atoms with Crippen molar-refractivity contribution in [2.75, 3.05) is 5.75 Å². The first-order chi connectivity index (χ1) is 7.13. The van der Waals surface area contributed by atoms with Crippen LogP contribution < -0.4 is 5.73 Å². The van der Waals surface area contributed by atoms with E-state index in [1.807, 2.05) is 0 Å². The first kappa shape index (κ1) is 12.8. The number of rotatable bonds is 5. The van der Waals surface area contributed by atoms with E-state index in [-0.39, 0.29) is 0 Å². The third-order valence-electron chi connectivity index (χ3n) is 3.14. The molecule has 0 aromatic rings. The minimum absolute atomic E-state index is 0.552. The zero-order valence-electron chi connectivity index (χ0n) is 9.32.